The van der Waals surface area contributed by atoms with Gasteiger partial charge in [-0.3, -0.25) is 4.79 Å². The average Bonchev–Trinajstić information content (AvgIpc) is 2.88. The average molecular weight is 250 g/mol. The van der Waals surface area contributed by atoms with Gasteiger partial charge in [-0.1, -0.05) is 13.3 Å². The Balaban J connectivity index is 1.44. The normalized spacial score (nSPS) is 35.6. The van der Waals surface area contributed by atoms with Crippen molar-refractivity contribution in [3.05, 3.63) is 0 Å². The van der Waals surface area contributed by atoms with Gasteiger partial charge in [0.25, 0.3) is 0 Å². The molecule has 0 aromatic heterocycles. The quantitative estimate of drug-likeness (QED) is 0.828. The number of amides is 1. The molecule has 102 valence electrons. The van der Waals surface area contributed by atoms with Crippen LogP contribution in [0, 0.1) is 17.8 Å². The third kappa shape index (κ3) is 2.29. The maximum Gasteiger partial charge on any atom is 0.226 e. The third-order valence-corrected chi connectivity index (χ3v) is 5.18. The molecule has 0 spiro atoms. The van der Waals surface area contributed by atoms with Gasteiger partial charge in [-0.2, -0.15) is 0 Å². The highest BCUT2D eigenvalue weighted by Gasteiger charge is 2.57. The van der Waals surface area contributed by atoms with Crippen molar-refractivity contribution < 1.29 is 4.79 Å². The van der Waals surface area contributed by atoms with E-state index in [9.17, 15) is 4.79 Å². The van der Waals surface area contributed by atoms with E-state index < -0.39 is 0 Å². The molecular formula is C15H26N2O. The summed E-state index contributed by atoms with van der Waals surface area (Å²) in [6.07, 6.45) is 7.49. The number of piperidine rings is 1. The van der Waals surface area contributed by atoms with E-state index in [1.165, 1.54) is 25.7 Å². The number of fused-ring (bicyclic) bond motifs is 1. The molecule has 3 aliphatic rings. The SMILES string of the molecule is CCCNC1CCN(C(=O)C2C3CCCC32)CC1. The van der Waals surface area contributed by atoms with Crippen molar-refractivity contribution in [1.29, 1.82) is 0 Å². The molecular weight excluding hydrogens is 224 g/mol. The predicted molar refractivity (Wildman–Crippen MR) is 72.2 cm³/mol. The number of carbonyl (C=O) groups is 1. The van der Waals surface area contributed by atoms with E-state index in [0.29, 0.717) is 17.9 Å². The van der Waals surface area contributed by atoms with E-state index in [1.54, 1.807) is 0 Å². The Morgan fingerprint density at radius 3 is 2.44 bits per heavy atom. The minimum atomic E-state index is 0.430. The Bertz CT molecular complexity index is 300. The molecule has 0 radical (unpaired) electrons. The molecule has 3 heteroatoms. The van der Waals surface area contributed by atoms with Crippen molar-refractivity contribution in [2.24, 2.45) is 17.8 Å². The molecule has 2 aliphatic carbocycles. The first-order chi connectivity index (χ1) is 8.81. The van der Waals surface area contributed by atoms with Crippen molar-refractivity contribution in [3.63, 3.8) is 0 Å². The van der Waals surface area contributed by atoms with Crippen LogP contribution in [0.15, 0.2) is 0 Å². The van der Waals surface area contributed by atoms with Gasteiger partial charge in [0, 0.05) is 25.0 Å². The van der Waals surface area contributed by atoms with Crippen molar-refractivity contribution >= 4 is 5.91 Å². The summed E-state index contributed by atoms with van der Waals surface area (Å²) >= 11 is 0. The zero-order valence-electron chi connectivity index (χ0n) is 11.5. The summed E-state index contributed by atoms with van der Waals surface area (Å²) in [4.78, 5) is 14.5. The molecule has 2 atom stereocenters. The van der Waals surface area contributed by atoms with Crippen LogP contribution < -0.4 is 5.32 Å². The number of hydrogen-bond acceptors (Lipinski definition) is 2. The van der Waals surface area contributed by atoms with Crippen molar-refractivity contribution in [1.82, 2.24) is 10.2 Å². The molecule has 18 heavy (non-hydrogen) atoms. The van der Waals surface area contributed by atoms with Gasteiger partial charge in [-0.15, -0.1) is 0 Å². The van der Waals surface area contributed by atoms with Gasteiger partial charge >= 0.3 is 0 Å². The second kappa shape index (κ2) is 5.20. The first kappa shape index (κ1) is 12.5. The lowest BCUT2D eigenvalue weighted by molar-refractivity contribution is -0.134. The molecule has 3 rings (SSSR count). The van der Waals surface area contributed by atoms with Gasteiger partial charge in [0.05, 0.1) is 0 Å². The van der Waals surface area contributed by atoms with Gasteiger partial charge in [-0.25, -0.2) is 0 Å². The Morgan fingerprint density at radius 1 is 1.17 bits per heavy atom. The molecule has 0 aromatic carbocycles. The van der Waals surface area contributed by atoms with E-state index in [1.807, 2.05) is 0 Å². The van der Waals surface area contributed by atoms with E-state index in [2.05, 4.69) is 17.1 Å². The summed E-state index contributed by atoms with van der Waals surface area (Å²) in [5.41, 5.74) is 0. The van der Waals surface area contributed by atoms with Crippen LogP contribution in [0.1, 0.15) is 45.4 Å². The molecule has 2 saturated carbocycles. The summed E-state index contributed by atoms with van der Waals surface area (Å²) in [7, 11) is 0. The fourth-order valence-electron chi connectivity index (χ4n) is 4.05. The molecule has 1 aliphatic heterocycles. The summed E-state index contributed by atoms with van der Waals surface area (Å²) < 4.78 is 0. The lowest BCUT2D eigenvalue weighted by Crippen LogP contribution is -2.45. The Hall–Kier alpha value is -0.570. The first-order valence-electron chi connectivity index (χ1n) is 7.83. The fourth-order valence-corrected chi connectivity index (χ4v) is 4.05. The van der Waals surface area contributed by atoms with Crippen LogP contribution in [0.3, 0.4) is 0 Å². The number of nitrogens with one attached hydrogen (secondary N) is 1. The number of likely N-dealkylation sites (tertiary alicyclic amines) is 1. The number of hydrogen-bond donors (Lipinski definition) is 1. The summed E-state index contributed by atoms with van der Waals surface area (Å²) in [5, 5.41) is 3.58. The van der Waals surface area contributed by atoms with Crippen LogP contribution in [0.2, 0.25) is 0 Å². The fraction of sp³-hybridized carbons (Fsp3) is 0.933. The van der Waals surface area contributed by atoms with Gasteiger partial charge < -0.3 is 10.2 Å². The van der Waals surface area contributed by atoms with Crippen LogP contribution in [-0.4, -0.2) is 36.5 Å². The first-order valence-corrected chi connectivity index (χ1v) is 7.83. The largest absolute Gasteiger partial charge is 0.342 e. The zero-order valence-corrected chi connectivity index (χ0v) is 11.5. The van der Waals surface area contributed by atoms with Crippen LogP contribution in [0.5, 0.6) is 0 Å². The van der Waals surface area contributed by atoms with Crippen LogP contribution >= 0.6 is 0 Å². The lowest BCUT2D eigenvalue weighted by atomic mass is 10.0. The molecule has 1 heterocycles. The van der Waals surface area contributed by atoms with E-state index in [-0.39, 0.29) is 0 Å². The van der Waals surface area contributed by atoms with Gasteiger partial charge in [0.1, 0.15) is 0 Å². The van der Waals surface area contributed by atoms with Crippen LogP contribution in [0.25, 0.3) is 0 Å². The molecule has 2 unspecified atom stereocenters. The molecule has 1 saturated heterocycles. The number of carbonyl (C=O) groups excluding carboxylic acids is 1. The highest BCUT2D eigenvalue weighted by Crippen LogP contribution is 2.58. The molecule has 1 N–H and O–H groups in total. The minimum Gasteiger partial charge on any atom is -0.342 e. The van der Waals surface area contributed by atoms with Gasteiger partial charge in [0.2, 0.25) is 5.91 Å². The van der Waals surface area contributed by atoms with Gasteiger partial charge in [0.15, 0.2) is 0 Å². The van der Waals surface area contributed by atoms with Crippen molar-refractivity contribution in [2.45, 2.75) is 51.5 Å². The van der Waals surface area contributed by atoms with E-state index in [0.717, 1.165) is 44.3 Å². The lowest BCUT2D eigenvalue weighted by Gasteiger charge is -2.33. The Morgan fingerprint density at radius 2 is 1.83 bits per heavy atom. The number of rotatable bonds is 4. The number of nitrogens with zero attached hydrogens (tertiary/aromatic N) is 1. The Labute approximate surface area is 110 Å². The molecule has 0 bridgehead atoms. The third-order valence-electron chi connectivity index (χ3n) is 5.18. The molecule has 3 fully saturated rings. The van der Waals surface area contributed by atoms with Crippen molar-refractivity contribution in [2.75, 3.05) is 19.6 Å². The standard InChI is InChI=1S/C15H26N2O/c1-2-8-16-11-6-9-17(10-7-11)15(18)14-12-4-3-5-13(12)14/h11-14,16H,2-10H2,1H3. The van der Waals surface area contributed by atoms with E-state index in [4.69, 9.17) is 0 Å². The second-order valence-corrected chi connectivity index (χ2v) is 6.34. The van der Waals surface area contributed by atoms with Crippen LogP contribution in [-0.2, 0) is 4.79 Å². The molecule has 3 nitrogen and oxygen atoms in total. The van der Waals surface area contributed by atoms with Crippen molar-refractivity contribution in [3.8, 4) is 0 Å². The summed E-state index contributed by atoms with van der Waals surface area (Å²) in [6, 6.07) is 0.646. The predicted octanol–water partition coefficient (Wildman–Crippen LogP) is 2.02. The topological polar surface area (TPSA) is 32.3 Å². The highest BCUT2D eigenvalue weighted by atomic mass is 16.2. The summed E-state index contributed by atoms with van der Waals surface area (Å²) in [5.74, 6) is 2.46. The zero-order chi connectivity index (χ0) is 12.5. The molecule has 1 amide bonds. The van der Waals surface area contributed by atoms with E-state index >= 15 is 0 Å². The van der Waals surface area contributed by atoms with Crippen LogP contribution in [0.4, 0.5) is 0 Å². The minimum absolute atomic E-state index is 0.430. The molecule has 0 aromatic rings. The smallest absolute Gasteiger partial charge is 0.226 e. The maximum atomic E-state index is 12.4. The monoisotopic (exact) mass is 250 g/mol. The maximum absolute atomic E-state index is 12.4. The Kier molecular flexibility index (Phi) is 3.60. The van der Waals surface area contributed by atoms with Gasteiger partial charge in [-0.05, 0) is 50.5 Å². The highest BCUT2D eigenvalue weighted by molar-refractivity contribution is 5.82. The summed E-state index contributed by atoms with van der Waals surface area (Å²) in [6.45, 7) is 5.29. The second-order valence-electron chi connectivity index (χ2n) is 6.34.